The lowest BCUT2D eigenvalue weighted by atomic mass is 10.2. The van der Waals surface area contributed by atoms with E-state index in [0.717, 1.165) is 0 Å². The van der Waals surface area contributed by atoms with Crippen LogP contribution in [-0.2, 0) is 4.79 Å². The first-order valence-electron chi connectivity index (χ1n) is 6.91. The molecule has 0 aromatic heterocycles. The van der Waals surface area contributed by atoms with Gasteiger partial charge in [-0.15, -0.1) is 0 Å². The van der Waals surface area contributed by atoms with E-state index in [9.17, 15) is 14.7 Å². The first-order valence-corrected chi connectivity index (χ1v) is 6.91. The Hall–Kier alpha value is -1.88. The van der Waals surface area contributed by atoms with E-state index in [1.54, 1.807) is 24.3 Å². The predicted octanol–water partition coefficient (Wildman–Crippen LogP) is 1.08. The Morgan fingerprint density at radius 1 is 1.15 bits per heavy atom. The molecule has 0 heterocycles. The second-order valence-corrected chi connectivity index (χ2v) is 4.57. The lowest BCUT2D eigenvalue weighted by Crippen LogP contribution is -2.32. The SMILES string of the molecule is CCC(O)CCNC(=O)CCNC(=O)c1ccccc1. The monoisotopic (exact) mass is 278 g/mol. The van der Waals surface area contributed by atoms with Crippen molar-refractivity contribution in [1.82, 2.24) is 10.6 Å². The van der Waals surface area contributed by atoms with Crippen molar-refractivity contribution in [2.24, 2.45) is 0 Å². The maximum Gasteiger partial charge on any atom is 0.251 e. The number of carbonyl (C=O) groups is 2. The molecule has 0 saturated carbocycles. The van der Waals surface area contributed by atoms with Crippen LogP contribution in [0.25, 0.3) is 0 Å². The van der Waals surface area contributed by atoms with Gasteiger partial charge < -0.3 is 15.7 Å². The Morgan fingerprint density at radius 3 is 2.50 bits per heavy atom. The summed E-state index contributed by atoms with van der Waals surface area (Å²) in [4.78, 5) is 23.2. The van der Waals surface area contributed by atoms with Crippen LogP contribution < -0.4 is 10.6 Å². The molecule has 5 nitrogen and oxygen atoms in total. The summed E-state index contributed by atoms with van der Waals surface area (Å²) in [5.74, 6) is -0.304. The van der Waals surface area contributed by atoms with Crippen molar-refractivity contribution in [3.63, 3.8) is 0 Å². The molecule has 20 heavy (non-hydrogen) atoms. The number of nitrogens with one attached hydrogen (secondary N) is 2. The molecule has 0 spiro atoms. The summed E-state index contributed by atoms with van der Waals surface area (Å²) >= 11 is 0. The van der Waals surface area contributed by atoms with Gasteiger partial charge in [-0.3, -0.25) is 9.59 Å². The average molecular weight is 278 g/mol. The van der Waals surface area contributed by atoms with Gasteiger partial charge in [-0.25, -0.2) is 0 Å². The number of hydrogen-bond donors (Lipinski definition) is 3. The van der Waals surface area contributed by atoms with Gasteiger partial charge in [0.15, 0.2) is 0 Å². The van der Waals surface area contributed by atoms with Crippen LogP contribution in [-0.4, -0.2) is 36.1 Å². The summed E-state index contributed by atoms with van der Waals surface area (Å²) in [5.41, 5.74) is 0.582. The van der Waals surface area contributed by atoms with Gasteiger partial charge in [0, 0.05) is 25.1 Å². The summed E-state index contributed by atoms with van der Waals surface area (Å²) in [5, 5.41) is 14.7. The molecule has 0 bridgehead atoms. The van der Waals surface area contributed by atoms with Crippen LogP contribution in [0.1, 0.15) is 36.5 Å². The van der Waals surface area contributed by atoms with Crippen molar-refractivity contribution in [1.29, 1.82) is 0 Å². The Bertz CT molecular complexity index is 420. The molecule has 1 aromatic carbocycles. The molecule has 0 radical (unpaired) electrons. The van der Waals surface area contributed by atoms with E-state index in [1.165, 1.54) is 0 Å². The van der Waals surface area contributed by atoms with Crippen molar-refractivity contribution in [3.05, 3.63) is 35.9 Å². The Labute approximate surface area is 119 Å². The van der Waals surface area contributed by atoms with Gasteiger partial charge in [0.25, 0.3) is 5.91 Å². The maximum absolute atomic E-state index is 11.7. The molecular weight excluding hydrogens is 256 g/mol. The van der Waals surface area contributed by atoms with Crippen LogP contribution in [0.3, 0.4) is 0 Å². The highest BCUT2D eigenvalue weighted by atomic mass is 16.3. The van der Waals surface area contributed by atoms with E-state index in [0.29, 0.717) is 31.5 Å². The molecule has 0 fully saturated rings. The van der Waals surface area contributed by atoms with Gasteiger partial charge in [0.1, 0.15) is 0 Å². The number of amides is 2. The fraction of sp³-hybridized carbons (Fsp3) is 0.467. The molecule has 0 saturated heterocycles. The Morgan fingerprint density at radius 2 is 1.85 bits per heavy atom. The van der Waals surface area contributed by atoms with Crippen molar-refractivity contribution in [3.8, 4) is 0 Å². The second-order valence-electron chi connectivity index (χ2n) is 4.57. The van der Waals surface area contributed by atoms with Crippen LogP contribution in [0.15, 0.2) is 30.3 Å². The minimum absolute atomic E-state index is 0.123. The van der Waals surface area contributed by atoms with Crippen molar-refractivity contribution < 1.29 is 14.7 Å². The van der Waals surface area contributed by atoms with Crippen LogP contribution >= 0.6 is 0 Å². The molecule has 1 aromatic rings. The smallest absolute Gasteiger partial charge is 0.251 e. The fourth-order valence-corrected chi connectivity index (χ4v) is 1.65. The third-order valence-electron chi connectivity index (χ3n) is 2.94. The molecule has 1 rings (SSSR count). The summed E-state index contributed by atoms with van der Waals surface area (Å²) in [6.45, 7) is 2.65. The number of benzene rings is 1. The molecule has 0 aliphatic rings. The van der Waals surface area contributed by atoms with Gasteiger partial charge in [0.2, 0.25) is 5.91 Å². The quantitative estimate of drug-likeness (QED) is 0.666. The van der Waals surface area contributed by atoms with Crippen molar-refractivity contribution in [2.45, 2.75) is 32.3 Å². The van der Waals surface area contributed by atoms with E-state index in [2.05, 4.69) is 10.6 Å². The average Bonchev–Trinajstić information content (AvgIpc) is 2.47. The van der Waals surface area contributed by atoms with Crippen LogP contribution in [0, 0.1) is 0 Å². The van der Waals surface area contributed by atoms with Gasteiger partial charge in [0.05, 0.1) is 6.10 Å². The zero-order chi connectivity index (χ0) is 14.8. The fourth-order valence-electron chi connectivity index (χ4n) is 1.65. The van der Waals surface area contributed by atoms with E-state index < -0.39 is 0 Å². The van der Waals surface area contributed by atoms with Crippen molar-refractivity contribution in [2.75, 3.05) is 13.1 Å². The topological polar surface area (TPSA) is 78.4 Å². The minimum atomic E-state index is -0.368. The molecule has 2 amide bonds. The molecule has 1 unspecified atom stereocenters. The molecule has 3 N–H and O–H groups in total. The number of hydrogen-bond acceptors (Lipinski definition) is 3. The van der Waals surface area contributed by atoms with E-state index in [-0.39, 0.29) is 24.3 Å². The Kier molecular flexibility index (Phi) is 7.35. The van der Waals surface area contributed by atoms with Gasteiger partial charge >= 0.3 is 0 Å². The van der Waals surface area contributed by atoms with Gasteiger partial charge in [-0.2, -0.15) is 0 Å². The summed E-state index contributed by atoms with van der Waals surface area (Å²) < 4.78 is 0. The lowest BCUT2D eigenvalue weighted by Gasteiger charge is -2.09. The maximum atomic E-state index is 11.7. The van der Waals surface area contributed by atoms with Crippen molar-refractivity contribution >= 4 is 11.8 Å². The van der Waals surface area contributed by atoms with Gasteiger partial charge in [-0.1, -0.05) is 25.1 Å². The first-order chi connectivity index (χ1) is 9.63. The van der Waals surface area contributed by atoms with Crippen LogP contribution in [0.4, 0.5) is 0 Å². The lowest BCUT2D eigenvalue weighted by molar-refractivity contribution is -0.121. The highest BCUT2D eigenvalue weighted by Gasteiger charge is 2.06. The third-order valence-corrected chi connectivity index (χ3v) is 2.94. The Balaban J connectivity index is 2.14. The molecule has 5 heteroatoms. The van der Waals surface area contributed by atoms with Crippen LogP contribution in [0.5, 0.6) is 0 Å². The normalized spacial score (nSPS) is 11.7. The van der Waals surface area contributed by atoms with Crippen LogP contribution in [0.2, 0.25) is 0 Å². The molecule has 1 atom stereocenters. The zero-order valence-corrected chi connectivity index (χ0v) is 11.8. The predicted molar refractivity (Wildman–Crippen MR) is 77.3 cm³/mol. The summed E-state index contributed by atoms with van der Waals surface area (Å²) in [7, 11) is 0. The second kappa shape index (κ2) is 9.09. The largest absolute Gasteiger partial charge is 0.393 e. The van der Waals surface area contributed by atoms with E-state index in [1.807, 2.05) is 13.0 Å². The molecule has 110 valence electrons. The standard InChI is InChI=1S/C15H22N2O3/c1-2-13(18)8-10-16-14(19)9-11-17-15(20)12-6-4-3-5-7-12/h3-7,13,18H,2,8-11H2,1H3,(H,16,19)(H,17,20). The molecular formula is C15H22N2O3. The zero-order valence-electron chi connectivity index (χ0n) is 11.8. The minimum Gasteiger partial charge on any atom is -0.393 e. The number of rotatable bonds is 8. The van der Waals surface area contributed by atoms with E-state index in [4.69, 9.17) is 0 Å². The summed E-state index contributed by atoms with van der Waals surface area (Å²) in [6, 6.07) is 8.87. The number of aliphatic hydroxyl groups is 1. The summed E-state index contributed by atoms with van der Waals surface area (Å²) in [6.07, 6.45) is 1.11. The number of carbonyl (C=O) groups excluding carboxylic acids is 2. The molecule has 0 aliphatic carbocycles. The third kappa shape index (κ3) is 6.33. The van der Waals surface area contributed by atoms with Gasteiger partial charge in [-0.05, 0) is 25.0 Å². The van der Waals surface area contributed by atoms with E-state index >= 15 is 0 Å². The highest BCUT2D eigenvalue weighted by molar-refractivity contribution is 5.94. The highest BCUT2D eigenvalue weighted by Crippen LogP contribution is 1.98. The molecule has 0 aliphatic heterocycles. The number of aliphatic hydroxyl groups excluding tert-OH is 1. The first kappa shape index (κ1) is 16.2.